The molecule has 0 spiro atoms. The van der Waals surface area contributed by atoms with Crippen LogP contribution in [-0.4, -0.2) is 34.2 Å². The molecule has 2 N–H and O–H groups in total. The lowest BCUT2D eigenvalue weighted by atomic mass is 9.94. The predicted octanol–water partition coefficient (Wildman–Crippen LogP) is 2.06. The van der Waals surface area contributed by atoms with E-state index in [0.29, 0.717) is 0 Å². The molecule has 1 fully saturated rings. The second kappa shape index (κ2) is 5.46. The lowest BCUT2D eigenvalue weighted by Crippen LogP contribution is -2.35. The maximum absolute atomic E-state index is 5.62. The van der Waals surface area contributed by atoms with Crippen molar-refractivity contribution in [3.05, 3.63) is 22.8 Å². The van der Waals surface area contributed by atoms with Crippen LogP contribution in [0, 0.1) is 5.92 Å². The average molecular weight is 324 g/mol. The third-order valence-electron chi connectivity index (χ3n) is 3.76. The van der Waals surface area contributed by atoms with Gasteiger partial charge in [0.05, 0.1) is 0 Å². The highest BCUT2D eigenvalue weighted by Gasteiger charge is 2.21. The third kappa shape index (κ3) is 2.74. The molecule has 0 bridgehead atoms. The highest BCUT2D eigenvalue weighted by molar-refractivity contribution is 9.10. The second-order valence-electron chi connectivity index (χ2n) is 5.07. The SMILES string of the molecule is NCCC1CCN(c2nc3ccc(Br)cn3n2)CC1. The molecule has 5 nitrogen and oxygen atoms in total. The van der Waals surface area contributed by atoms with Crippen molar-refractivity contribution in [2.75, 3.05) is 24.5 Å². The van der Waals surface area contributed by atoms with Crippen LogP contribution in [-0.2, 0) is 0 Å². The van der Waals surface area contributed by atoms with Gasteiger partial charge in [0.1, 0.15) is 0 Å². The Kier molecular flexibility index (Phi) is 3.70. The first-order chi connectivity index (χ1) is 9.26. The topological polar surface area (TPSA) is 59.5 Å². The van der Waals surface area contributed by atoms with E-state index < -0.39 is 0 Å². The van der Waals surface area contributed by atoms with Gasteiger partial charge < -0.3 is 10.6 Å². The quantitative estimate of drug-likeness (QED) is 0.939. The van der Waals surface area contributed by atoms with Gasteiger partial charge >= 0.3 is 0 Å². The summed E-state index contributed by atoms with van der Waals surface area (Å²) < 4.78 is 2.84. The van der Waals surface area contributed by atoms with Crippen molar-refractivity contribution in [1.82, 2.24) is 14.6 Å². The number of anilines is 1. The maximum atomic E-state index is 5.62. The van der Waals surface area contributed by atoms with Crippen molar-refractivity contribution < 1.29 is 0 Å². The number of halogens is 1. The summed E-state index contributed by atoms with van der Waals surface area (Å²) in [4.78, 5) is 6.85. The second-order valence-corrected chi connectivity index (χ2v) is 5.99. The molecule has 0 aliphatic carbocycles. The summed E-state index contributed by atoms with van der Waals surface area (Å²) in [5.41, 5.74) is 6.52. The summed E-state index contributed by atoms with van der Waals surface area (Å²) >= 11 is 3.45. The molecule has 2 aromatic rings. The molecule has 1 saturated heterocycles. The van der Waals surface area contributed by atoms with E-state index in [4.69, 9.17) is 5.73 Å². The van der Waals surface area contributed by atoms with Crippen LogP contribution < -0.4 is 10.6 Å². The molecule has 0 radical (unpaired) electrons. The van der Waals surface area contributed by atoms with Gasteiger partial charge in [-0.3, -0.25) is 0 Å². The van der Waals surface area contributed by atoms with E-state index >= 15 is 0 Å². The van der Waals surface area contributed by atoms with E-state index in [1.165, 1.54) is 12.8 Å². The molecule has 19 heavy (non-hydrogen) atoms. The maximum Gasteiger partial charge on any atom is 0.245 e. The van der Waals surface area contributed by atoms with Gasteiger partial charge in [0.2, 0.25) is 5.95 Å². The number of rotatable bonds is 3. The fraction of sp³-hybridized carbons (Fsp3) is 0.538. The summed E-state index contributed by atoms with van der Waals surface area (Å²) in [5, 5.41) is 4.55. The summed E-state index contributed by atoms with van der Waals surface area (Å²) in [5.74, 6) is 1.61. The summed E-state index contributed by atoms with van der Waals surface area (Å²) in [6.07, 6.45) is 5.46. The fourth-order valence-corrected chi connectivity index (χ4v) is 2.96. The first-order valence-corrected chi connectivity index (χ1v) is 7.52. The lowest BCUT2D eigenvalue weighted by molar-refractivity contribution is 0.384. The Morgan fingerprint density at radius 2 is 2.11 bits per heavy atom. The molecule has 0 saturated carbocycles. The Morgan fingerprint density at radius 1 is 1.32 bits per heavy atom. The van der Waals surface area contributed by atoms with Crippen molar-refractivity contribution in [3.8, 4) is 0 Å². The molecule has 6 heteroatoms. The molecular weight excluding hydrogens is 306 g/mol. The third-order valence-corrected chi connectivity index (χ3v) is 4.23. The Balaban J connectivity index is 1.74. The Morgan fingerprint density at radius 3 is 2.84 bits per heavy atom. The van der Waals surface area contributed by atoms with Gasteiger partial charge in [0.15, 0.2) is 5.65 Å². The van der Waals surface area contributed by atoms with Gasteiger partial charge in [-0.1, -0.05) is 0 Å². The minimum absolute atomic E-state index is 0.771. The smallest absolute Gasteiger partial charge is 0.245 e. The Labute approximate surface area is 120 Å². The van der Waals surface area contributed by atoms with E-state index in [9.17, 15) is 0 Å². The molecular formula is C13H18BrN5. The molecule has 3 heterocycles. The standard InChI is InChI=1S/C13H18BrN5/c14-11-1-2-12-16-13(17-19(12)9-11)18-7-4-10(3-6-15)5-8-18/h1-2,9-10H,3-8,15H2. The van der Waals surface area contributed by atoms with E-state index in [2.05, 4.69) is 30.9 Å². The van der Waals surface area contributed by atoms with Gasteiger partial charge in [-0.25, -0.2) is 4.52 Å². The molecule has 1 aliphatic rings. The van der Waals surface area contributed by atoms with Gasteiger partial charge in [0, 0.05) is 23.8 Å². The molecule has 0 atom stereocenters. The summed E-state index contributed by atoms with van der Waals surface area (Å²) in [7, 11) is 0. The van der Waals surface area contributed by atoms with Gasteiger partial charge in [-0.05, 0) is 59.8 Å². The van der Waals surface area contributed by atoms with Crippen LogP contribution >= 0.6 is 15.9 Å². The van der Waals surface area contributed by atoms with E-state index in [1.807, 2.05) is 22.8 Å². The highest BCUT2D eigenvalue weighted by atomic mass is 79.9. The van der Waals surface area contributed by atoms with E-state index in [0.717, 1.165) is 48.0 Å². The lowest BCUT2D eigenvalue weighted by Gasteiger charge is -2.30. The van der Waals surface area contributed by atoms with Crippen molar-refractivity contribution in [2.45, 2.75) is 19.3 Å². The number of nitrogens with two attached hydrogens (primary N) is 1. The highest BCUT2D eigenvalue weighted by Crippen LogP contribution is 2.23. The first kappa shape index (κ1) is 12.9. The summed E-state index contributed by atoms with van der Waals surface area (Å²) in [6, 6.07) is 3.96. The van der Waals surface area contributed by atoms with Crippen molar-refractivity contribution in [1.29, 1.82) is 0 Å². The van der Waals surface area contributed by atoms with Crippen LogP contribution in [0.2, 0.25) is 0 Å². The van der Waals surface area contributed by atoms with Gasteiger partial charge in [0.25, 0.3) is 0 Å². The Bertz CT molecular complexity index is 559. The number of hydrogen-bond acceptors (Lipinski definition) is 4. The minimum atomic E-state index is 0.771. The predicted molar refractivity (Wildman–Crippen MR) is 79.3 cm³/mol. The van der Waals surface area contributed by atoms with Crippen molar-refractivity contribution >= 4 is 27.5 Å². The number of piperidine rings is 1. The van der Waals surface area contributed by atoms with Crippen LogP contribution in [0.3, 0.4) is 0 Å². The zero-order chi connectivity index (χ0) is 13.2. The fourth-order valence-electron chi connectivity index (χ4n) is 2.64. The van der Waals surface area contributed by atoms with Crippen LogP contribution in [0.4, 0.5) is 5.95 Å². The Hall–Kier alpha value is -1.14. The van der Waals surface area contributed by atoms with Crippen LogP contribution in [0.5, 0.6) is 0 Å². The molecule has 0 amide bonds. The molecule has 102 valence electrons. The van der Waals surface area contributed by atoms with E-state index in [-0.39, 0.29) is 0 Å². The molecule has 3 rings (SSSR count). The van der Waals surface area contributed by atoms with Crippen LogP contribution in [0.15, 0.2) is 22.8 Å². The number of hydrogen-bond donors (Lipinski definition) is 1. The van der Waals surface area contributed by atoms with Crippen molar-refractivity contribution in [2.24, 2.45) is 11.7 Å². The molecule has 0 aromatic carbocycles. The minimum Gasteiger partial charge on any atom is -0.339 e. The molecule has 0 unspecified atom stereocenters. The van der Waals surface area contributed by atoms with E-state index in [1.54, 1.807) is 0 Å². The number of pyridine rings is 1. The normalized spacial score (nSPS) is 17.3. The molecule has 1 aliphatic heterocycles. The summed E-state index contributed by atoms with van der Waals surface area (Å²) in [6.45, 7) is 2.86. The number of fused-ring (bicyclic) bond motifs is 1. The van der Waals surface area contributed by atoms with Gasteiger partial charge in [-0.2, -0.15) is 4.98 Å². The van der Waals surface area contributed by atoms with Gasteiger partial charge in [-0.15, -0.1) is 5.10 Å². The number of nitrogens with zero attached hydrogens (tertiary/aromatic N) is 4. The number of aromatic nitrogens is 3. The van der Waals surface area contributed by atoms with Crippen molar-refractivity contribution in [3.63, 3.8) is 0 Å². The largest absolute Gasteiger partial charge is 0.339 e. The monoisotopic (exact) mass is 323 g/mol. The zero-order valence-electron chi connectivity index (χ0n) is 10.8. The first-order valence-electron chi connectivity index (χ1n) is 6.73. The zero-order valence-corrected chi connectivity index (χ0v) is 12.4. The van der Waals surface area contributed by atoms with Crippen LogP contribution in [0.1, 0.15) is 19.3 Å². The average Bonchev–Trinajstić information content (AvgIpc) is 2.83. The van der Waals surface area contributed by atoms with Crippen LogP contribution in [0.25, 0.3) is 5.65 Å². The molecule has 2 aromatic heterocycles.